The van der Waals surface area contributed by atoms with E-state index in [4.69, 9.17) is 9.15 Å². The Morgan fingerprint density at radius 2 is 2.00 bits per heavy atom. The van der Waals surface area contributed by atoms with E-state index in [1.807, 2.05) is 0 Å². The van der Waals surface area contributed by atoms with Crippen molar-refractivity contribution >= 4 is 17.8 Å². The van der Waals surface area contributed by atoms with Crippen molar-refractivity contribution in [1.29, 1.82) is 0 Å². The number of hydrogen-bond donors (Lipinski definition) is 1. The monoisotopic (exact) mass is 365 g/mol. The fourth-order valence-corrected chi connectivity index (χ4v) is 2.39. The summed E-state index contributed by atoms with van der Waals surface area (Å²) in [5, 5.41) is 15.0. The second-order valence-electron chi connectivity index (χ2n) is 5.41. The molecule has 0 radical (unpaired) electrons. The number of rotatable bonds is 6. The molecule has 0 spiro atoms. The van der Waals surface area contributed by atoms with Gasteiger partial charge in [-0.25, -0.2) is 5.43 Å². The number of furan rings is 1. The van der Waals surface area contributed by atoms with Gasteiger partial charge in [0.15, 0.2) is 0 Å². The van der Waals surface area contributed by atoms with Gasteiger partial charge in [0, 0.05) is 11.6 Å². The Hall–Kier alpha value is -3.94. The minimum Gasteiger partial charge on any atom is -0.497 e. The molecule has 0 saturated carbocycles. The standard InChI is InChI=1S/C19H15N3O5/c1-26-14-6-4-5-13(11-14)19(23)21-20-12-15-9-10-18(27-15)16-7-2-3-8-17(16)22(24)25/h2-12H,1H3,(H,21,23)/b20-12-. The minimum absolute atomic E-state index is 0.0540. The van der Waals surface area contributed by atoms with Crippen molar-refractivity contribution in [2.24, 2.45) is 5.10 Å². The molecule has 3 rings (SSSR count). The Labute approximate surface area is 154 Å². The molecule has 0 aliphatic rings. The van der Waals surface area contributed by atoms with Crippen molar-refractivity contribution in [3.05, 3.63) is 82.1 Å². The summed E-state index contributed by atoms with van der Waals surface area (Å²) in [5.41, 5.74) is 3.09. The summed E-state index contributed by atoms with van der Waals surface area (Å²) in [5.74, 6) is 0.833. The largest absolute Gasteiger partial charge is 0.497 e. The smallest absolute Gasteiger partial charge is 0.280 e. The zero-order chi connectivity index (χ0) is 19.2. The Bertz CT molecular complexity index is 1010. The number of carbonyl (C=O) groups is 1. The van der Waals surface area contributed by atoms with Gasteiger partial charge >= 0.3 is 0 Å². The van der Waals surface area contributed by atoms with Gasteiger partial charge in [0.05, 0.1) is 23.8 Å². The summed E-state index contributed by atoms with van der Waals surface area (Å²) in [6, 6.07) is 16.1. The molecule has 27 heavy (non-hydrogen) atoms. The van der Waals surface area contributed by atoms with Crippen molar-refractivity contribution in [2.45, 2.75) is 0 Å². The van der Waals surface area contributed by atoms with Gasteiger partial charge in [-0.1, -0.05) is 18.2 Å². The van der Waals surface area contributed by atoms with Crippen LogP contribution < -0.4 is 10.2 Å². The summed E-state index contributed by atoms with van der Waals surface area (Å²) in [6.07, 6.45) is 1.32. The Morgan fingerprint density at radius 3 is 2.78 bits per heavy atom. The average molecular weight is 365 g/mol. The highest BCUT2D eigenvalue weighted by Gasteiger charge is 2.16. The molecule has 0 unspecified atom stereocenters. The maximum absolute atomic E-state index is 12.1. The van der Waals surface area contributed by atoms with Crippen LogP contribution in [0, 0.1) is 10.1 Å². The van der Waals surface area contributed by atoms with Crippen LogP contribution in [-0.4, -0.2) is 24.2 Å². The number of nitrogens with zero attached hydrogens (tertiary/aromatic N) is 2. The maximum atomic E-state index is 12.1. The molecule has 0 saturated heterocycles. The molecule has 1 aromatic heterocycles. The number of carbonyl (C=O) groups excluding carboxylic acids is 1. The molecule has 136 valence electrons. The number of nitro benzene ring substituents is 1. The number of nitro groups is 1. The lowest BCUT2D eigenvalue weighted by atomic mass is 10.1. The molecule has 1 amide bonds. The third kappa shape index (κ3) is 4.18. The zero-order valence-electron chi connectivity index (χ0n) is 14.3. The normalized spacial score (nSPS) is 10.7. The molecule has 2 aromatic carbocycles. The SMILES string of the molecule is COc1cccc(C(=O)N/N=C\c2ccc(-c3ccccc3[N+](=O)[O-])o2)c1. The van der Waals surface area contributed by atoms with Crippen molar-refractivity contribution < 1.29 is 18.9 Å². The summed E-state index contributed by atoms with van der Waals surface area (Å²) in [4.78, 5) is 22.7. The maximum Gasteiger partial charge on any atom is 0.280 e. The van der Waals surface area contributed by atoms with E-state index in [1.54, 1.807) is 54.6 Å². The summed E-state index contributed by atoms with van der Waals surface area (Å²) in [7, 11) is 1.51. The molecule has 0 aliphatic carbocycles. The van der Waals surface area contributed by atoms with E-state index < -0.39 is 10.8 Å². The molecule has 1 heterocycles. The molecule has 0 aliphatic heterocycles. The van der Waals surface area contributed by atoms with Gasteiger partial charge in [-0.2, -0.15) is 5.10 Å². The lowest BCUT2D eigenvalue weighted by Crippen LogP contribution is -2.17. The lowest BCUT2D eigenvalue weighted by Gasteiger charge is -2.02. The van der Waals surface area contributed by atoms with Gasteiger partial charge in [-0.15, -0.1) is 0 Å². The van der Waals surface area contributed by atoms with E-state index in [2.05, 4.69) is 10.5 Å². The second kappa shape index (κ2) is 7.96. The van der Waals surface area contributed by atoms with E-state index in [-0.39, 0.29) is 5.69 Å². The number of hydrazone groups is 1. The Balaban J connectivity index is 1.71. The topological polar surface area (TPSA) is 107 Å². The molecular formula is C19H15N3O5. The number of para-hydroxylation sites is 1. The van der Waals surface area contributed by atoms with Gasteiger partial charge in [0.25, 0.3) is 11.6 Å². The van der Waals surface area contributed by atoms with Crippen LogP contribution in [0.15, 0.2) is 70.2 Å². The summed E-state index contributed by atoms with van der Waals surface area (Å²) < 4.78 is 10.6. The number of nitrogens with one attached hydrogen (secondary N) is 1. The highest BCUT2D eigenvalue weighted by atomic mass is 16.6. The molecule has 0 atom stereocenters. The fourth-order valence-electron chi connectivity index (χ4n) is 2.39. The third-order valence-corrected chi connectivity index (χ3v) is 3.68. The third-order valence-electron chi connectivity index (χ3n) is 3.68. The van der Waals surface area contributed by atoms with Crippen LogP contribution in [0.2, 0.25) is 0 Å². The quantitative estimate of drug-likeness (QED) is 0.408. The van der Waals surface area contributed by atoms with Crippen LogP contribution in [0.1, 0.15) is 16.1 Å². The first-order valence-electron chi connectivity index (χ1n) is 7.89. The number of hydrogen-bond acceptors (Lipinski definition) is 6. The highest BCUT2D eigenvalue weighted by molar-refractivity contribution is 5.95. The van der Waals surface area contributed by atoms with Crippen molar-refractivity contribution in [2.75, 3.05) is 7.11 Å². The van der Waals surface area contributed by atoms with Crippen molar-refractivity contribution in [1.82, 2.24) is 5.43 Å². The van der Waals surface area contributed by atoms with E-state index >= 15 is 0 Å². The van der Waals surface area contributed by atoms with Crippen molar-refractivity contribution in [3.8, 4) is 17.1 Å². The van der Waals surface area contributed by atoms with Crippen LogP contribution in [0.25, 0.3) is 11.3 Å². The van der Waals surface area contributed by atoms with Crippen molar-refractivity contribution in [3.63, 3.8) is 0 Å². The summed E-state index contributed by atoms with van der Waals surface area (Å²) in [6.45, 7) is 0. The van der Waals surface area contributed by atoms with E-state index in [0.29, 0.717) is 28.4 Å². The van der Waals surface area contributed by atoms with Gasteiger partial charge in [-0.05, 0) is 36.4 Å². The first-order chi connectivity index (χ1) is 13.1. The van der Waals surface area contributed by atoms with E-state index in [0.717, 1.165) is 0 Å². The van der Waals surface area contributed by atoms with Gasteiger partial charge in [0.1, 0.15) is 17.3 Å². The van der Waals surface area contributed by atoms with Crippen LogP contribution in [-0.2, 0) is 0 Å². The Morgan fingerprint density at radius 1 is 1.19 bits per heavy atom. The predicted molar refractivity (Wildman–Crippen MR) is 98.9 cm³/mol. The minimum atomic E-state index is -0.472. The molecular weight excluding hydrogens is 350 g/mol. The van der Waals surface area contributed by atoms with Crippen LogP contribution >= 0.6 is 0 Å². The first-order valence-corrected chi connectivity index (χ1v) is 7.89. The molecule has 0 bridgehead atoms. The number of amides is 1. The molecule has 8 nitrogen and oxygen atoms in total. The fraction of sp³-hybridized carbons (Fsp3) is 0.0526. The lowest BCUT2D eigenvalue weighted by molar-refractivity contribution is -0.384. The molecule has 3 aromatic rings. The average Bonchev–Trinajstić information content (AvgIpc) is 3.16. The van der Waals surface area contributed by atoms with Crippen LogP contribution in [0.5, 0.6) is 5.75 Å². The zero-order valence-corrected chi connectivity index (χ0v) is 14.3. The van der Waals surface area contributed by atoms with Crippen LogP contribution in [0.3, 0.4) is 0 Å². The first kappa shape index (κ1) is 17.9. The second-order valence-corrected chi connectivity index (χ2v) is 5.41. The summed E-state index contributed by atoms with van der Waals surface area (Å²) >= 11 is 0. The van der Waals surface area contributed by atoms with E-state index in [9.17, 15) is 14.9 Å². The molecule has 8 heteroatoms. The number of methoxy groups -OCH3 is 1. The van der Waals surface area contributed by atoms with Gasteiger partial charge < -0.3 is 9.15 Å². The molecule has 1 N–H and O–H groups in total. The number of benzene rings is 2. The van der Waals surface area contributed by atoms with E-state index in [1.165, 1.54) is 19.4 Å². The van der Waals surface area contributed by atoms with Gasteiger partial charge in [-0.3, -0.25) is 14.9 Å². The predicted octanol–water partition coefficient (Wildman–Crippen LogP) is 3.63. The van der Waals surface area contributed by atoms with Gasteiger partial charge in [0.2, 0.25) is 0 Å². The Kier molecular flexibility index (Phi) is 5.27. The highest BCUT2D eigenvalue weighted by Crippen LogP contribution is 2.30. The molecule has 0 fully saturated rings. The van der Waals surface area contributed by atoms with Crippen LogP contribution in [0.4, 0.5) is 5.69 Å². The number of ether oxygens (including phenoxy) is 1.